The van der Waals surface area contributed by atoms with Gasteiger partial charge in [0.1, 0.15) is 0 Å². The van der Waals surface area contributed by atoms with Crippen molar-refractivity contribution in [1.82, 2.24) is 20.0 Å². The molecule has 5 nitrogen and oxygen atoms in total. The highest BCUT2D eigenvalue weighted by atomic mass is 16.2. The number of aromatic nitrogens is 2. The van der Waals surface area contributed by atoms with Crippen LogP contribution in [0.5, 0.6) is 0 Å². The highest BCUT2D eigenvalue weighted by molar-refractivity contribution is 5.94. The van der Waals surface area contributed by atoms with Crippen molar-refractivity contribution < 1.29 is 4.79 Å². The minimum absolute atomic E-state index is 0.0842. The van der Waals surface area contributed by atoms with E-state index in [0.29, 0.717) is 11.7 Å². The minimum Gasteiger partial charge on any atom is -0.337 e. The summed E-state index contributed by atoms with van der Waals surface area (Å²) in [6, 6.07) is 8.72. The molecule has 0 atom stereocenters. The quantitative estimate of drug-likeness (QED) is 0.924. The van der Waals surface area contributed by atoms with Gasteiger partial charge in [-0.3, -0.25) is 4.79 Å². The average Bonchev–Trinajstić information content (AvgIpc) is 3.08. The van der Waals surface area contributed by atoms with Gasteiger partial charge in [-0.05, 0) is 70.7 Å². The molecule has 138 valence electrons. The molecule has 0 radical (unpaired) electrons. The second-order valence-corrected chi connectivity index (χ2v) is 7.63. The lowest BCUT2D eigenvalue weighted by Crippen LogP contribution is -2.44. The van der Waals surface area contributed by atoms with Crippen molar-refractivity contribution in [3.05, 3.63) is 46.8 Å². The SMILES string of the molecule is Cc1ccc(-n2nc(C(=O)N(C)C3CCNCC3)c3c2CCCC3)cc1. The molecule has 4 rings (SSSR count). The molecule has 1 amide bonds. The molecule has 1 aromatic carbocycles. The first-order valence-corrected chi connectivity index (χ1v) is 9.81. The Morgan fingerprint density at radius 3 is 2.58 bits per heavy atom. The van der Waals surface area contributed by atoms with Crippen molar-refractivity contribution in [3.63, 3.8) is 0 Å². The summed E-state index contributed by atoms with van der Waals surface area (Å²) in [5.74, 6) is 0.0842. The standard InChI is InChI=1S/C21H28N4O/c1-15-7-9-17(10-8-15)25-19-6-4-3-5-18(19)20(23-25)21(26)24(2)16-11-13-22-14-12-16/h7-10,16,22H,3-6,11-14H2,1-2H3. The Kier molecular flexibility index (Phi) is 4.81. The smallest absolute Gasteiger partial charge is 0.274 e. The number of aryl methyl sites for hydroxylation is 1. The van der Waals surface area contributed by atoms with Gasteiger partial charge in [0.05, 0.1) is 5.69 Å². The maximum Gasteiger partial charge on any atom is 0.274 e. The van der Waals surface area contributed by atoms with E-state index < -0.39 is 0 Å². The predicted octanol–water partition coefficient (Wildman–Crippen LogP) is 2.88. The molecule has 0 unspecified atom stereocenters. The number of fused-ring (bicyclic) bond motifs is 1. The summed E-state index contributed by atoms with van der Waals surface area (Å²) in [7, 11) is 1.94. The van der Waals surface area contributed by atoms with Crippen LogP contribution in [-0.4, -0.2) is 46.8 Å². The highest BCUT2D eigenvalue weighted by Crippen LogP contribution is 2.28. The molecule has 1 saturated heterocycles. The third kappa shape index (κ3) is 3.16. The van der Waals surface area contributed by atoms with Crippen molar-refractivity contribution in [3.8, 4) is 5.69 Å². The van der Waals surface area contributed by atoms with Crippen molar-refractivity contribution in [1.29, 1.82) is 0 Å². The van der Waals surface area contributed by atoms with Crippen LogP contribution in [0, 0.1) is 6.92 Å². The van der Waals surface area contributed by atoms with E-state index in [9.17, 15) is 4.79 Å². The second kappa shape index (κ2) is 7.23. The second-order valence-electron chi connectivity index (χ2n) is 7.63. The molecule has 5 heteroatoms. The van der Waals surface area contributed by atoms with Crippen LogP contribution in [0.2, 0.25) is 0 Å². The Bertz CT molecular complexity index is 787. The number of nitrogens with zero attached hydrogens (tertiary/aromatic N) is 3. The topological polar surface area (TPSA) is 50.2 Å². The van der Waals surface area contributed by atoms with Gasteiger partial charge in [0, 0.05) is 24.3 Å². The molecule has 26 heavy (non-hydrogen) atoms. The van der Waals surface area contributed by atoms with E-state index >= 15 is 0 Å². The number of hydrogen-bond donors (Lipinski definition) is 1. The fraction of sp³-hybridized carbons (Fsp3) is 0.524. The number of carbonyl (C=O) groups is 1. The fourth-order valence-electron chi connectivity index (χ4n) is 4.20. The summed E-state index contributed by atoms with van der Waals surface area (Å²) in [6.07, 6.45) is 6.31. The van der Waals surface area contributed by atoms with Gasteiger partial charge in [-0.2, -0.15) is 5.10 Å². The number of carbonyl (C=O) groups excluding carboxylic acids is 1. The first-order chi connectivity index (χ1) is 12.6. The van der Waals surface area contributed by atoms with Crippen LogP contribution in [0.1, 0.15) is 53.0 Å². The first-order valence-electron chi connectivity index (χ1n) is 9.81. The van der Waals surface area contributed by atoms with Gasteiger partial charge in [0.2, 0.25) is 0 Å². The zero-order chi connectivity index (χ0) is 18.1. The summed E-state index contributed by atoms with van der Waals surface area (Å²) in [6.45, 7) is 4.06. The zero-order valence-electron chi connectivity index (χ0n) is 15.8. The summed E-state index contributed by atoms with van der Waals surface area (Å²) >= 11 is 0. The molecule has 2 heterocycles. The van der Waals surface area contributed by atoms with Gasteiger partial charge >= 0.3 is 0 Å². The van der Waals surface area contributed by atoms with Crippen molar-refractivity contribution >= 4 is 5.91 Å². The number of benzene rings is 1. The van der Waals surface area contributed by atoms with E-state index in [4.69, 9.17) is 5.10 Å². The van der Waals surface area contributed by atoms with Gasteiger partial charge in [-0.15, -0.1) is 0 Å². The summed E-state index contributed by atoms with van der Waals surface area (Å²) < 4.78 is 2.01. The van der Waals surface area contributed by atoms with Gasteiger partial charge in [0.25, 0.3) is 5.91 Å². The molecule has 1 N–H and O–H groups in total. The number of nitrogens with one attached hydrogen (secondary N) is 1. The van der Waals surface area contributed by atoms with E-state index in [1.54, 1.807) is 0 Å². The maximum atomic E-state index is 13.2. The van der Waals surface area contributed by atoms with Crippen LogP contribution < -0.4 is 5.32 Å². The van der Waals surface area contributed by atoms with Crippen LogP contribution in [0.25, 0.3) is 5.69 Å². The molecule has 0 bridgehead atoms. The highest BCUT2D eigenvalue weighted by Gasteiger charge is 2.30. The van der Waals surface area contributed by atoms with Gasteiger partial charge < -0.3 is 10.2 Å². The third-order valence-electron chi connectivity index (χ3n) is 5.84. The Labute approximate surface area is 155 Å². The normalized spacial score (nSPS) is 17.8. The molecule has 1 aromatic heterocycles. The molecule has 2 aromatic rings. The number of piperidine rings is 1. The number of amides is 1. The minimum atomic E-state index is 0.0842. The summed E-state index contributed by atoms with van der Waals surface area (Å²) in [5, 5.41) is 8.19. The lowest BCUT2D eigenvalue weighted by atomic mass is 9.95. The van der Waals surface area contributed by atoms with E-state index in [2.05, 4.69) is 36.5 Å². The Balaban J connectivity index is 1.69. The number of hydrogen-bond acceptors (Lipinski definition) is 3. The van der Waals surface area contributed by atoms with E-state index in [1.165, 1.54) is 23.2 Å². The van der Waals surface area contributed by atoms with Crippen LogP contribution >= 0.6 is 0 Å². The van der Waals surface area contributed by atoms with Crippen LogP contribution in [0.3, 0.4) is 0 Å². The van der Waals surface area contributed by atoms with Gasteiger partial charge in [0.15, 0.2) is 5.69 Å². The summed E-state index contributed by atoms with van der Waals surface area (Å²) in [5.41, 5.74) is 5.35. The largest absolute Gasteiger partial charge is 0.337 e. The lowest BCUT2D eigenvalue weighted by molar-refractivity contribution is 0.0695. The molecule has 1 fully saturated rings. The molecular formula is C21H28N4O. The first kappa shape index (κ1) is 17.3. The zero-order valence-corrected chi connectivity index (χ0v) is 15.8. The lowest BCUT2D eigenvalue weighted by Gasteiger charge is -2.31. The third-order valence-corrected chi connectivity index (χ3v) is 5.84. The van der Waals surface area contributed by atoms with Crippen molar-refractivity contribution in [2.24, 2.45) is 0 Å². The number of rotatable bonds is 3. The Morgan fingerprint density at radius 1 is 1.15 bits per heavy atom. The Morgan fingerprint density at radius 2 is 1.85 bits per heavy atom. The molecule has 1 aliphatic heterocycles. The predicted molar refractivity (Wildman–Crippen MR) is 103 cm³/mol. The van der Waals surface area contributed by atoms with Crippen LogP contribution in [0.15, 0.2) is 24.3 Å². The van der Waals surface area contributed by atoms with Gasteiger partial charge in [-0.25, -0.2) is 4.68 Å². The van der Waals surface area contributed by atoms with E-state index in [-0.39, 0.29) is 5.91 Å². The Hall–Kier alpha value is -2.14. The van der Waals surface area contributed by atoms with E-state index in [0.717, 1.165) is 50.9 Å². The fourth-order valence-corrected chi connectivity index (χ4v) is 4.20. The van der Waals surface area contributed by atoms with Crippen LogP contribution in [0.4, 0.5) is 0 Å². The molecule has 1 aliphatic carbocycles. The molecular weight excluding hydrogens is 324 g/mol. The van der Waals surface area contributed by atoms with Crippen molar-refractivity contribution in [2.45, 2.75) is 51.5 Å². The summed E-state index contributed by atoms with van der Waals surface area (Å²) in [4.78, 5) is 15.2. The average molecular weight is 352 g/mol. The van der Waals surface area contributed by atoms with E-state index in [1.807, 2.05) is 16.6 Å². The monoisotopic (exact) mass is 352 g/mol. The van der Waals surface area contributed by atoms with Gasteiger partial charge in [-0.1, -0.05) is 17.7 Å². The van der Waals surface area contributed by atoms with Crippen molar-refractivity contribution in [2.75, 3.05) is 20.1 Å². The van der Waals surface area contributed by atoms with Crippen LogP contribution in [-0.2, 0) is 12.8 Å². The molecule has 0 spiro atoms. The molecule has 2 aliphatic rings. The maximum absolute atomic E-state index is 13.2. The molecule has 0 saturated carbocycles.